The molecule has 0 saturated carbocycles. The second kappa shape index (κ2) is 13.3. The van der Waals surface area contributed by atoms with E-state index in [1.54, 1.807) is 37.6 Å². The monoisotopic (exact) mass is 602 g/mol. The molecule has 1 amide bonds. The Morgan fingerprint density at radius 1 is 1.07 bits per heavy atom. The minimum absolute atomic E-state index is 0.0514. The van der Waals surface area contributed by atoms with E-state index in [-0.39, 0.29) is 23.0 Å². The highest BCUT2D eigenvalue weighted by atomic mass is 32.2. The highest BCUT2D eigenvalue weighted by molar-refractivity contribution is 7.90. The van der Waals surface area contributed by atoms with Crippen molar-refractivity contribution < 1.29 is 37.3 Å². The molecule has 0 aliphatic heterocycles. The van der Waals surface area contributed by atoms with E-state index >= 15 is 0 Å². The molecule has 0 aliphatic rings. The Bertz CT molecular complexity index is 1530. The van der Waals surface area contributed by atoms with Crippen LogP contribution >= 0.6 is 0 Å². The molecule has 2 aromatic carbocycles. The predicted molar refractivity (Wildman–Crippen MR) is 150 cm³/mol. The maximum absolute atomic E-state index is 12.7. The van der Waals surface area contributed by atoms with Crippen LogP contribution in [0.15, 0.2) is 64.8 Å². The Balaban J connectivity index is 1.52. The lowest BCUT2D eigenvalue weighted by Gasteiger charge is -2.15. The van der Waals surface area contributed by atoms with Crippen LogP contribution in [-0.2, 0) is 29.1 Å². The van der Waals surface area contributed by atoms with Crippen LogP contribution in [0.5, 0.6) is 0 Å². The Morgan fingerprint density at radius 3 is 2.33 bits per heavy atom. The van der Waals surface area contributed by atoms with Gasteiger partial charge in [-0.05, 0) is 65.0 Å². The normalized spacial score (nSPS) is 12.0. The number of hydrogen-bond acceptors (Lipinski definition) is 10. The summed E-state index contributed by atoms with van der Waals surface area (Å²) in [4.78, 5) is 28.3. The third-order valence-corrected chi connectivity index (χ3v) is 7.04. The van der Waals surface area contributed by atoms with E-state index in [9.17, 15) is 23.2 Å². The number of hydrogen-bond donors (Lipinski definition) is 1. The number of sulfonamides is 1. The van der Waals surface area contributed by atoms with Crippen LogP contribution in [0.2, 0.25) is 0 Å². The lowest BCUT2D eigenvalue weighted by atomic mass is 9.98. The molecule has 0 saturated heterocycles. The van der Waals surface area contributed by atoms with E-state index in [1.165, 1.54) is 19.2 Å². The van der Waals surface area contributed by atoms with E-state index in [2.05, 4.69) is 15.2 Å². The molecule has 0 spiro atoms. The lowest BCUT2D eigenvalue weighted by Crippen LogP contribution is -2.35. The first kappa shape index (κ1) is 31.9. The van der Waals surface area contributed by atoms with Gasteiger partial charge in [-0.2, -0.15) is 5.10 Å². The Kier molecular flexibility index (Phi) is 10.1. The number of amides is 1. The Morgan fingerprint density at radius 2 is 1.71 bits per heavy atom. The van der Waals surface area contributed by atoms with Gasteiger partial charge in [-0.1, -0.05) is 29.8 Å². The van der Waals surface area contributed by atoms with E-state index in [1.807, 2.05) is 48.9 Å². The third-order valence-electron chi connectivity index (χ3n) is 5.71. The summed E-state index contributed by atoms with van der Waals surface area (Å²) >= 11 is 0. The van der Waals surface area contributed by atoms with Gasteiger partial charge in [0.2, 0.25) is 5.28 Å². The summed E-state index contributed by atoms with van der Waals surface area (Å²) in [6.07, 6.45) is -1.23. The van der Waals surface area contributed by atoms with Gasteiger partial charge in [0.15, 0.2) is 0 Å². The molecular weight excluding hydrogens is 568 g/mol. The fraction of sp³-hybridized carbons (Fsp3) is 0.370. The van der Waals surface area contributed by atoms with Crippen LogP contribution in [0.1, 0.15) is 32.0 Å². The number of aryl methyl sites for hydroxylation is 2. The van der Waals surface area contributed by atoms with Crippen LogP contribution in [0.3, 0.4) is 0 Å². The predicted octanol–water partition coefficient (Wildman–Crippen LogP) is 3.86. The van der Waals surface area contributed by atoms with Gasteiger partial charge < -0.3 is 19.5 Å². The zero-order chi connectivity index (χ0) is 31.1. The zero-order valence-electron chi connectivity index (χ0n) is 24.2. The first-order valence-corrected chi connectivity index (χ1v) is 14.3. The van der Waals surface area contributed by atoms with Gasteiger partial charge >= 0.3 is 12.1 Å². The number of aromatic nitrogens is 2. The quantitative estimate of drug-likeness (QED) is 0.0850. The van der Waals surface area contributed by atoms with Crippen molar-refractivity contribution in [1.82, 2.24) is 19.5 Å². The number of likely N-dealkylation sites (N-methyl/N-ethyl adjacent to an activating group) is 1. The average Bonchev–Trinajstić information content (AvgIpc) is 3.31. The van der Waals surface area contributed by atoms with Crippen molar-refractivity contribution in [3.05, 3.63) is 71.1 Å². The zero-order valence-corrected chi connectivity index (χ0v) is 25.0. The van der Waals surface area contributed by atoms with Gasteiger partial charge in [0.25, 0.3) is 16.8 Å². The molecule has 14 nitrogen and oxygen atoms in total. The minimum atomic E-state index is -4.24. The SMILES string of the molecule is Cc1ccc(-c2cc(C)nn2-c2ccc(S(=O)(=O)NC(=O)OCCN(C)/[N+]([O-])=N/OCOC(=O)C(C)(C)C)cc2)cc1. The molecule has 3 aromatic rings. The van der Waals surface area contributed by atoms with Crippen LogP contribution in [0.25, 0.3) is 16.9 Å². The largest absolute Gasteiger partial charge is 0.569 e. The number of ether oxygens (including phenoxy) is 2. The first-order valence-electron chi connectivity index (χ1n) is 12.8. The molecule has 0 unspecified atom stereocenters. The number of rotatable bonds is 11. The summed E-state index contributed by atoms with van der Waals surface area (Å²) in [5, 5.41) is 20.6. The number of carbonyl (C=O) groups is 2. The number of nitrogens with zero attached hydrogens (tertiary/aromatic N) is 5. The molecule has 0 aliphatic carbocycles. The Hall–Kier alpha value is -4.66. The van der Waals surface area contributed by atoms with E-state index < -0.39 is 34.3 Å². The van der Waals surface area contributed by atoms with Gasteiger partial charge in [-0.25, -0.2) is 22.6 Å². The number of benzene rings is 2. The molecule has 0 radical (unpaired) electrons. The van der Waals surface area contributed by atoms with Crippen molar-refractivity contribution in [2.24, 2.45) is 10.7 Å². The summed E-state index contributed by atoms with van der Waals surface area (Å²) in [6, 6.07) is 15.8. The smallest absolute Gasteiger partial charge is 0.421 e. The fourth-order valence-corrected chi connectivity index (χ4v) is 4.27. The molecular formula is C27H34N6O8S. The molecule has 1 N–H and O–H groups in total. The number of hydrazine groups is 1. The van der Waals surface area contributed by atoms with Gasteiger partial charge in [-0.3, -0.25) is 4.79 Å². The molecule has 1 heterocycles. The third kappa shape index (κ3) is 8.67. The van der Waals surface area contributed by atoms with Crippen molar-refractivity contribution in [3.8, 4) is 16.9 Å². The molecule has 0 atom stereocenters. The summed E-state index contributed by atoms with van der Waals surface area (Å²) < 4.78 is 38.6. The molecule has 0 fully saturated rings. The first-order chi connectivity index (χ1) is 19.7. The van der Waals surface area contributed by atoms with E-state index in [4.69, 9.17) is 9.47 Å². The fourth-order valence-electron chi connectivity index (χ4n) is 3.38. The Labute approximate surface area is 244 Å². The summed E-state index contributed by atoms with van der Waals surface area (Å²) in [7, 11) is -2.91. The van der Waals surface area contributed by atoms with Gasteiger partial charge in [-0.15, -0.1) is 5.01 Å². The minimum Gasteiger partial charge on any atom is -0.569 e. The standard InChI is InChI=1S/C27H34N6O8S/c1-19-7-9-21(10-8-19)24-17-20(2)28-32(24)22-11-13-23(14-12-22)42(37,38)29-26(35)39-16-15-31(6)33(36)30-41-18-40-25(34)27(3,4)5/h7-14,17H,15-16,18H2,1-6H3,(H,29,35)/b33-30-. The number of carbonyl (C=O) groups excluding carboxylic acids is 2. The van der Waals surface area contributed by atoms with Crippen molar-refractivity contribution in [3.63, 3.8) is 0 Å². The molecule has 1 aromatic heterocycles. The van der Waals surface area contributed by atoms with Crippen molar-refractivity contribution in [1.29, 1.82) is 0 Å². The number of nitrogens with one attached hydrogen (secondary N) is 1. The van der Waals surface area contributed by atoms with Crippen LogP contribution in [0, 0.1) is 24.5 Å². The highest BCUT2D eigenvalue weighted by Gasteiger charge is 2.23. The second-order valence-electron chi connectivity index (χ2n) is 10.3. The van der Waals surface area contributed by atoms with E-state index in [0.29, 0.717) is 5.69 Å². The van der Waals surface area contributed by atoms with Crippen molar-refractivity contribution in [2.45, 2.75) is 39.5 Å². The lowest BCUT2D eigenvalue weighted by molar-refractivity contribution is -0.706. The number of esters is 1. The molecule has 42 heavy (non-hydrogen) atoms. The summed E-state index contributed by atoms with van der Waals surface area (Å²) in [5.74, 6) is -0.533. The molecule has 0 bridgehead atoms. The molecule has 15 heteroatoms. The summed E-state index contributed by atoms with van der Waals surface area (Å²) in [5.41, 5.74) is 3.61. The van der Waals surface area contributed by atoms with Crippen LogP contribution in [-0.4, -0.2) is 67.2 Å². The highest BCUT2D eigenvalue weighted by Crippen LogP contribution is 2.25. The van der Waals surface area contributed by atoms with Gasteiger partial charge in [0.05, 0.1) is 39.4 Å². The summed E-state index contributed by atoms with van der Waals surface area (Å²) in [6.45, 7) is 7.78. The van der Waals surface area contributed by atoms with Crippen molar-refractivity contribution >= 4 is 22.1 Å². The maximum atomic E-state index is 12.7. The topological polar surface area (TPSA) is 167 Å². The van der Waals surface area contributed by atoms with E-state index in [0.717, 1.165) is 27.5 Å². The van der Waals surface area contributed by atoms with Crippen LogP contribution < -0.4 is 4.72 Å². The average molecular weight is 603 g/mol. The molecule has 226 valence electrons. The maximum Gasteiger partial charge on any atom is 0.421 e. The second-order valence-corrected chi connectivity index (χ2v) is 12.0. The van der Waals surface area contributed by atoms with Crippen molar-refractivity contribution in [2.75, 3.05) is 27.0 Å². The van der Waals surface area contributed by atoms with Crippen LogP contribution in [0.4, 0.5) is 4.79 Å². The van der Waals surface area contributed by atoms with Gasteiger partial charge in [0, 0.05) is 5.56 Å². The van der Waals surface area contributed by atoms with Gasteiger partial charge in [0.1, 0.15) is 13.2 Å². The molecule has 3 rings (SSSR count).